The molecule has 8 heteroatoms. The molecule has 0 unspecified atom stereocenters. The predicted octanol–water partition coefficient (Wildman–Crippen LogP) is 5.06. The van der Waals surface area contributed by atoms with Crippen molar-refractivity contribution in [2.24, 2.45) is 0 Å². The van der Waals surface area contributed by atoms with Crippen LogP contribution in [-0.2, 0) is 20.9 Å². The number of nitrogens with zero attached hydrogens (tertiary/aromatic N) is 2. The van der Waals surface area contributed by atoms with Gasteiger partial charge in [-0.2, -0.15) is 0 Å². The van der Waals surface area contributed by atoms with Crippen LogP contribution >= 0.6 is 24.0 Å². The molecule has 2 aliphatic heterocycles. The molecule has 1 saturated heterocycles. The molecule has 6 nitrogen and oxygen atoms in total. The van der Waals surface area contributed by atoms with Crippen LogP contribution in [0.4, 0.5) is 11.4 Å². The number of rotatable bonds is 5. The lowest BCUT2D eigenvalue weighted by Crippen LogP contribution is -2.35. The normalized spacial score (nSPS) is 17.1. The predicted molar refractivity (Wildman–Crippen MR) is 147 cm³/mol. The van der Waals surface area contributed by atoms with Gasteiger partial charge in [0.1, 0.15) is 10.9 Å². The Bertz CT molecular complexity index is 1450. The van der Waals surface area contributed by atoms with E-state index in [4.69, 9.17) is 12.2 Å². The van der Waals surface area contributed by atoms with Gasteiger partial charge in [-0.1, -0.05) is 84.6 Å². The Morgan fingerprint density at radius 2 is 1.64 bits per heavy atom. The van der Waals surface area contributed by atoms with Gasteiger partial charge >= 0.3 is 0 Å². The van der Waals surface area contributed by atoms with Gasteiger partial charge in [0.15, 0.2) is 0 Å². The van der Waals surface area contributed by atoms with Crippen molar-refractivity contribution < 1.29 is 14.4 Å². The minimum atomic E-state index is -0.382. The molecular weight excluding hydrogens is 490 g/mol. The van der Waals surface area contributed by atoms with E-state index in [0.29, 0.717) is 32.7 Å². The maximum atomic E-state index is 13.6. The number of nitrogens with one attached hydrogen (secondary N) is 1. The van der Waals surface area contributed by atoms with Crippen LogP contribution in [0.1, 0.15) is 22.3 Å². The molecule has 3 aromatic rings. The Morgan fingerprint density at radius 3 is 2.42 bits per heavy atom. The molecule has 0 spiro atoms. The maximum Gasteiger partial charge on any atom is 0.267 e. The van der Waals surface area contributed by atoms with E-state index in [2.05, 4.69) is 5.32 Å². The topological polar surface area (TPSA) is 69.7 Å². The summed E-state index contributed by atoms with van der Waals surface area (Å²) in [6, 6.07) is 22.6. The summed E-state index contributed by atoms with van der Waals surface area (Å²) in [4.78, 5) is 43.3. The van der Waals surface area contributed by atoms with Crippen molar-refractivity contribution in [3.63, 3.8) is 0 Å². The fraction of sp³-hybridized carbons (Fsp3) is 0.143. The summed E-state index contributed by atoms with van der Waals surface area (Å²) in [5.41, 5.74) is 5.13. The molecule has 2 heterocycles. The molecule has 3 amide bonds. The van der Waals surface area contributed by atoms with Crippen LogP contribution in [0, 0.1) is 13.8 Å². The van der Waals surface area contributed by atoms with Gasteiger partial charge < -0.3 is 5.32 Å². The lowest BCUT2D eigenvalue weighted by atomic mass is 10.1. The molecule has 0 saturated carbocycles. The van der Waals surface area contributed by atoms with E-state index >= 15 is 0 Å². The second kappa shape index (κ2) is 9.72. The van der Waals surface area contributed by atoms with E-state index in [-0.39, 0.29) is 29.8 Å². The van der Waals surface area contributed by atoms with Crippen LogP contribution in [0.2, 0.25) is 0 Å². The molecular formula is C28H23N3O3S2. The molecule has 2 aliphatic rings. The van der Waals surface area contributed by atoms with E-state index in [1.807, 2.05) is 74.5 Å². The summed E-state index contributed by atoms with van der Waals surface area (Å²) in [6.07, 6.45) is 0. The van der Waals surface area contributed by atoms with Gasteiger partial charge in [0.05, 0.1) is 22.7 Å². The van der Waals surface area contributed by atoms with Crippen LogP contribution in [0.3, 0.4) is 0 Å². The number of fused-ring (bicyclic) bond motifs is 1. The third kappa shape index (κ3) is 4.45. The average Bonchev–Trinajstić information content (AvgIpc) is 3.29. The van der Waals surface area contributed by atoms with Crippen molar-refractivity contribution in [2.75, 3.05) is 16.8 Å². The Labute approximate surface area is 219 Å². The molecule has 0 aliphatic carbocycles. The molecule has 36 heavy (non-hydrogen) atoms. The first-order valence-electron chi connectivity index (χ1n) is 11.4. The fourth-order valence-corrected chi connectivity index (χ4v) is 5.64. The highest BCUT2D eigenvalue weighted by Crippen LogP contribution is 2.44. The monoisotopic (exact) mass is 513 g/mol. The van der Waals surface area contributed by atoms with Crippen molar-refractivity contribution in [1.29, 1.82) is 0 Å². The van der Waals surface area contributed by atoms with Crippen LogP contribution < -0.4 is 10.2 Å². The molecule has 0 radical (unpaired) electrons. The van der Waals surface area contributed by atoms with Gasteiger partial charge in [-0.05, 0) is 42.7 Å². The number of thioether (sulfide) groups is 1. The van der Waals surface area contributed by atoms with Crippen LogP contribution in [0.25, 0.3) is 5.57 Å². The third-order valence-corrected chi connectivity index (χ3v) is 7.60. The molecule has 0 bridgehead atoms. The minimum absolute atomic E-state index is 0.170. The summed E-state index contributed by atoms with van der Waals surface area (Å²) in [5.74, 6) is -0.994. The average molecular weight is 514 g/mol. The highest BCUT2D eigenvalue weighted by Gasteiger charge is 2.42. The van der Waals surface area contributed by atoms with Crippen LogP contribution in [0.5, 0.6) is 0 Å². The smallest absolute Gasteiger partial charge is 0.267 e. The molecule has 0 aromatic heterocycles. The number of benzene rings is 3. The van der Waals surface area contributed by atoms with Gasteiger partial charge in [0.25, 0.3) is 11.8 Å². The summed E-state index contributed by atoms with van der Waals surface area (Å²) in [5, 5.41) is 2.91. The maximum absolute atomic E-state index is 13.6. The van der Waals surface area contributed by atoms with Crippen LogP contribution in [0.15, 0.2) is 77.7 Å². The Morgan fingerprint density at radius 1 is 0.917 bits per heavy atom. The summed E-state index contributed by atoms with van der Waals surface area (Å²) in [6.45, 7) is 4.04. The fourth-order valence-electron chi connectivity index (χ4n) is 4.31. The number of aryl methyl sites for hydroxylation is 2. The number of thiocarbonyl (C=S) groups is 1. The standard InChI is InChI=1S/C28H23N3O3S2/c1-17-12-13-18(2)21(14-17)29-23(32)16-30-22-11-7-6-10-20(22)24(26(30)33)25-27(34)31(28(35)36-25)15-19-8-4-3-5-9-19/h3-14H,15-16H2,1-2H3,(H,29,32). The lowest BCUT2D eigenvalue weighted by Gasteiger charge is -2.17. The van der Waals surface area contributed by atoms with E-state index in [9.17, 15) is 14.4 Å². The van der Waals surface area contributed by atoms with Crippen molar-refractivity contribution >= 4 is 63.0 Å². The van der Waals surface area contributed by atoms with Gasteiger partial charge in [0.2, 0.25) is 5.91 Å². The number of carbonyl (C=O) groups excluding carboxylic acids is 3. The number of hydrogen-bond acceptors (Lipinski definition) is 5. The highest BCUT2D eigenvalue weighted by atomic mass is 32.2. The lowest BCUT2D eigenvalue weighted by molar-refractivity contribution is -0.122. The summed E-state index contributed by atoms with van der Waals surface area (Å²) in [7, 11) is 0. The third-order valence-electron chi connectivity index (χ3n) is 6.15. The van der Waals surface area contributed by atoms with Crippen molar-refractivity contribution in [1.82, 2.24) is 4.90 Å². The second-order valence-electron chi connectivity index (χ2n) is 8.72. The number of carbonyl (C=O) groups is 3. The van der Waals surface area contributed by atoms with E-state index in [1.165, 1.54) is 9.80 Å². The van der Waals surface area contributed by atoms with Crippen molar-refractivity contribution in [3.05, 3.63) is 100.0 Å². The Hall–Kier alpha value is -3.75. The molecule has 0 atom stereocenters. The van der Waals surface area contributed by atoms with E-state index < -0.39 is 0 Å². The zero-order valence-electron chi connectivity index (χ0n) is 19.8. The number of hydrogen-bond donors (Lipinski definition) is 1. The second-order valence-corrected chi connectivity index (χ2v) is 10.4. The van der Waals surface area contributed by atoms with Gasteiger partial charge in [-0.3, -0.25) is 24.2 Å². The quantitative estimate of drug-likeness (QED) is 0.382. The molecule has 180 valence electrons. The van der Waals surface area contributed by atoms with Crippen molar-refractivity contribution in [3.8, 4) is 0 Å². The van der Waals surface area contributed by atoms with Gasteiger partial charge in [0, 0.05) is 11.3 Å². The highest BCUT2D eigenvalue weighted by molar-refractivity contribution is 8.26. The summed E-state index contributed by atoms with van der Waals surface area (Å²) >= 11 is 6.64. The number of amides is 3. The molecule has 1 fully saturated rings. The van der Waals surface area contributed by atoms with Crippen molar-refractivity contribution in [2.45, 2.75) is 20.4 Å². The number of para-hydroxylation sites is 1. The first-order chi connectivity index (χ1) is 17.3. The molecule has 3 aromatic carbocycles. The number of anilines is 2. The van der Waals surface area contributed by atoms with Crippen LogP contribution in [-0.4, -0.2) is 33.5 Å². The Balaban J connectivity index is 1.44. The van der Waals surface area contributed by atoms with Gasteiger partial charge in [-0.25, -0.2) is 0 Å². The van der Waals surface area contributed by atoms with E-state index in [1.54, 1.807) is 12.1 Å². The summed E-state index contributed by atoms with van der Waals surface area (Å²) < 4.78 is 0.405. The first-order valence-corrected chi connectivity index (χ1v) is 12.7. The molecule has 1 N–H and O–H groups in total. The zero-order chi connectivity index (χ0) is 25.4. The first kappa shape index (κ1) is 24.0. The minimum Gasteiger partial charge on any atom is -0.324 e. The molecule has 5 rings (SSSR count). The largest absolute Gasteiger partial charge is 0.324 e. The van der Waals surface area contributed by atoms with E-state index in [0.717, 1.165) is 28.5 Å². The Kier molecular flexibility index (Phi) is 6.47. The zero-order valence-corrected chi connectivity index (χ0v) is 21.4. The SMILES string of the molecule is Cc1ccc(C)c(NC(=O)CN2C(=O)C(=C3SC(=S)N(Cc4ccccc4)C3=O)c3ccccc32)c1. The van der Waals surface area contributed by atoms with Gasteiger partial charge in [-0.15, -0.1) is 0 Å².